The molecular formula is C10H13F3N2O2S. The average Bonchev–Trinajstić information content (AvgIpc) is 2.70. The van der Waals surface area contributed by atoms with Crippen LogP contribution in [-0.2, 0) is 6.54 Å². The van der Waals surface area contributed by atoms with Gasteiger partial charge in [-0.1, -0.05) is 0 Å². The van der Waals surface area contributed by atoms with Gasteiger partial charge in [-0.15, -0.1) is 11.3 Å². The number of nitrogens with one attached hydrogen (secondary N) is 1. The molecule has 1 rings (SSSR count). The highest BCUT2D eigenvalue weighted by Gasteiger charge is 2.25. The number of hydrogen-bond donors (Lipinski definition) is 2. The second-order valence-electron chi connectivity index (χ2n) is 3.70. The number of aromatic nitrogens is 1. The zero-order valence-electron chi connectivity index (χ0n) is 9.46. The number of carboxylic acids is 1. The molecule has 0 aliphatic rings. The van der Waals surface area contributed by atoms with Crippen molar-refractivity contribution >= 4 is 17.3 Å². The van der Waals surface area contributed by atoms with Gasteiger partial charge >= 0.3 is 12.1 Å². The number of hydrogen-bond acceptors (Lipinski definition) is 4. The maximum atomic E-state index is 11.8. The van der Waals surface area contributed by atoms with Crippen LogP contribution in [0.25, 0.3) is 0 Å². The number of thiazole rings is 1. The van der Waals surface area contributed by atoms with E-state index < -0.39 is 18.6 Å². The van der Waals surface area contributed by atoms with Crippen LogP contribution >= 0.6 is 11.3 Å². The molecule has 0 spiro atoms. The van der Waals surface area contributed by atoms with Crippen molar-refractivity contribution < 1.29 is 23.1 Å². The molecule has 0 saturated heterocycles. The molecule has 0 bridgehead atoms. The molecule has 1 aromatic heterocycles. The van der Waals surface area contributed by atoms with E-state index in [0.717, 1.165) is 11.3 Å². The van der Waals surface area contributed by atoms with Crippen molar-refractivity contribution in [1.29, 1.82) is 0 Å². The largest absolute Gasteiger partial charge is 0.476 e. The zero-order valence-corrected chi connectivity index (χ0v) is 10.3. The molecular weight excluding hydrogens is 269 g/mol. The van der Waals surface area contributed by atoms with E-state index in [1.165, 1.54) is 0 Å². The second kappa shape index (κ2) is 6.69. The van der Waals surface area contributed by atoms with Gasteiger partial charge in [-0.2, -0.15) is 13.2 Å². The van der Waals surface area contributed by atoms with Gasteiger partial charge in [0, 0.05) is 18.3 Å². The van der Waals surface area contributed by atoms with Crippen molar-refractivity contribution in [3.63, 3.8) is 0 Å². The highest BCUT2D eigenvalue weighted by atomic mass is 32.1. The number of carbonyl (C=O) groups is 1. The Kier molecular flexibility index (Phi) is 5.54. The molecule has 102 valence electrons. The van der Waals surface area contributed by atoms with Crippen molar-refractivity contribution in [2.75, 3.05) is 6.54 Å². The van der Waals surface area contributed by atoms with Gasteiger partial charge in [0.2, 0.25) is 5.01 Å². The summed E-state index contributed by atoms with van der Waals surface area (Å²) in [5.41, 5.74) is 0.591. The molecule has 0 amide bonds. The first kappa shape index (κ1) is 14.9. The Morgan fingerprint density at radius 1 is 1.44 bits per heavy atom. The molecule has 0 aromatic carbocycles. The first-order valence-electron chi connectivity index (χ1n) is 5.33. The minimum absolute atomic E-state index is 0.0175. The van der Waals surface area contributed by atoms with Crippen molar-refractivity contribution in [3.8, 4) is 0 Å². The van der Waals surface area contributed by atoms with E-state index >= 15 is 0 Å². The number of nitrogens with zero attached hydrogens (tertiary/aromatic N) is 1. The summed E-state index contributed by atoms with van der Waals surface area (Å²) in [6.07, 6.45) is -4.34. The molecule has 0 aliphatic heterocycles. The number of aromatic carboxylic acids is 1. The third-order valence-corrected chi connectivity index (χ3v) is 2.98. The van der Waals surface area contributed by atoms with Crippen LogP contribution in [0.3, 0.4) is 0 Å². The van der Waals surface area contributed by atoms with E-state index in [0.29, 0.717) is 25.2 Å². The van der Waals surface area contributed by atoms with Crippen LogP contribution in [0.2, 0.25) is 0 Å². The lowest BCUT2D eigenvalue weighted by Gasteiger charge is -2.06. The van der Waals surface area contributed by atoms with Gasteiger partial charge in [-0.25, -0.2) is 9.78 Å². The lowest BCUT2D eigenvalue weighted by atomic mass is 10.2. The normalized spacial score (nSPS) is 11.7. The minimum atomic E-state index is -4.09. The smallest absolute Gasteiger partial charge is 0.389 e. The van der Waals surface area contributed by atoms with Crippen molar-refractivity contribution in [3.05, 3.63) is 16.1 Å². The molecule has 0 saturated carbocycles. The first-order chi connectivity index (χ1) is 8.38. The monoisotopic (exact) mass is 282 g/mol. The lowest BCUT2D eigenvalue weighted by molar-refractivity contribution is -0.135. The van der Waals surface area contributed by atoms with Crippen LogP contribution in [0.15, 0.2) is 5.38 Å². The van der Waals surface area contributed by atoms with E-state index in [9.17, 15) is 18.0 Å². The fourth-order valence-corrected chi connectivity index (χ4v) is 1.93. The van der Waals surface area contributed by atoms with Gasteiger partial charge in [-0.05, 0) is 19.4 Å². The maximum absolute atomic E-state index is 11.8. The van der Waals surface area contributed by atoms with Crippen LogP contribution < -0.4 is 5.32 Å². The van der Waals surface area contributed by atoms with Crippen LogP contribution in [0, 0.1) is 0 Å². The highest BCUT2D eigenvalue weighted by Crippen LogP contribution is 2.21. The highest BCUT2D eigenvalue weighted by molar-refractivity contribution is 7.11. The maximum Gasteiger partial charge on any atom is 0.389 e. The second-order valence-corrected chi connectivity index (χ2v) is 4.56. The molecule has 8 heteroatoms. The molecule has 0 unspecified atom stereocenters. The van der Waals surface area contributed by atoms with Gasteiger partial charge < -0.3 is 10.4 Å². The van der Waals surface area contributed by atoms with Crippen molar-refractivity contribution in [2.45, 2.75) is 32.0 Å². The van der Waals surface area contributed by atoms with Gasteiger partial charge in [0.25, 0.3) is 0 Å². The number of unbranched alkanes of at least 4 members (excludes halogenated alkanes) is 1. The lowest BCUT2D eigenvalue weighted by Crippen LogP contribution is -2.16. The average molecular weight is 282 g/mol. The molecule has 4 nitrogen and oxygen atoms in total. The van der Waals surface area contributed by atoms with E-state index in [1.54, 1.807) is 5.38 Å². The molecule has 0 atom stereocenters. The topological polar surface area (TPSA) is 62.2 Å². The van der Waals surface area contributed by atoms with Gasteiger partial charge in [0.1, 0.15) is 0 Å². The fourth-order valence-electron chi connectivity index (χ4n) is 1.28. The van der Waals surface area contributed by atoms with E-state index in [-0.39, 0.29) is 11.4 Å². The zero-order chi connectivity index (χ0) is 13.6. The third kappa shape index (κ3) is 5.97. The fraction of sp³-hybridized carbons (Fsp3) is 0.600. The number of alkyl halides is 3. The summed E-state index contributed by atoms with van der Waals surface area (Å²) in [4.78, 5) is 14.4. The van der Waals surface area contributed by atoms with Crippen molar-refractivity contribution in [1.82, 2.24) is 10.3 Å². The molecule has 18 heavy (non-hydrogen) atoms. The van der Waals surface area contributed by atoms with Crippen LogP contribution in [0.4, 0.5) is 13.2 Å². The Balaban J connectivity index is 2.12. The molecule has 0 fully saturated rings. The SMILES string of the molecule is O=C(O)c1nc(CNCCCCC(F)(F)F)cs1. The van der Waals surface area contributed by atoms with E-state index in [1.807, 2.05) is 0 Å². The Labute approximate surface area is 106 Å². The molecule has 2 N–H and O–H groups in total. The number of rotatable bonds is 7. The molecule has 1 aromatic rings. The first-order valence-corrected chi connectivity index (χ1v) is 6.21. The summed E-state index contributed by atoms with van der Waals surface area (Å²) in [6, 6.07) is 0. The van der Waals surface area contributed by atoms with Crippen LogP contribution in [0.1, 0.15) is 34.8 Å². The van der Waals surface area contributed by atoms with Gasteiger partial charge in [0.05, 0.1) is 5.69 Å². The number of carboxylic acid groups (broad SMARTS) is 1. The Hall–Kier alpha value is -1.15. The summed E-state index contributed by atoms with van der Waals surface area (Å²) >= 11 is 1.03. The minimum Gasteiger partial charge on any atom is -0.476 e. The summed E-state index contributed by atoms with van der Waals surface area (Å²) in [7, 11) is 0. The van der Waals surface area contributed by atoms with Crippen LogP contribution in [-0.4, -0.2) is 28.8 Å². The predicted octanol–water partition coefficient (Wildman–Crippen LogP) is 2.66. The quantitative estimate of drug-likeness (QED) is 0.755. The number of halogens is 3. The van der Waals surface area contributed by atoms with Crippen LogP contribution in [0.5, 0.6) is 0 Å². The van der Waals surface area contributed by atoms with Gasteiger partial charge in [0.15, 0.2) is 0 Å². The Morgan fingerprint density at radius 2 is 2.17 bits per heavy atom. The Morgan fingerprint density at radius 3 is 2.72 bits per heavy atom. The van der Waals surface area contributed by atoms with Gasteiger partial charge in [-0.3, -0.25) is 0 Å². The third-order valence-electron chi connectivity index (χ3n) is 2.10. The molecule has 0 radical (unpaired) electrons. The summed E-state index contributed by atoms with van der Waals surface area (Å²) in [6.45, 7) is 0.825. The summed E-state index contributed by atoms with van der Waals surface area (Å²) in [5.74, 6) is -1.07. The van der Waals surface area contributed by atoms with E-state index in [4.69, 9.17) is 5.11 Å². The molecule has 1 heterocycles. The predicted molar refractivity (Wildman–Crippen MR) is 60.7 cm³/mol. The standard InChI is InChI=1S/C10H13F3N2O2S/c11-10(12,13)3-1-2-4-14-5-7-6-18-8(15-7)9(16)17/h6,14H,1-5H2,(H,16,17). The molecule has 0 aliphatic carbocycles. The van der Waals surface area contributed by atoms with Crippen molar-refractivity contribution in [2.24, 2.45) is 0 Å². The van der Waals surface area contributed by atoms with E-state index in [2.05, 4.69) is 10.3 Å². The Bertz CT molecular complexity index is 393. The summed E-state index contributed by atoms with van der Waals surface area (Å²) in [5, 5.41) is 13.2. The summed E-state index contributed by atoms with van der Waals surface area (Å²) < 4.78 is 35.5.